The van der Waals surface area contributed by atoms with Crippen LogP contribution >= 0.6 is 12.4 Å². The van der Waals surface area contributed by atoms with Gasteiger partial charge in [0, 0.05) is 18.5 Å². The van der Waals surface area contributed by atoms with Crippen molar-refractivity contribution in [1.29, 1.82) is 0 Å². The van der Waals surface area contributed by atoms with Crippen LogP contribution in [0.3, 0.4) is 0 Å². The number of amides is 2. The number of rotatable bonds is 8. The van der Waals surface area contributed by atoms with Crippen LogP contribution in [0.1, 0.15) is 19.5 Å². The van der Waals surface area contributed by atoms with Crippen LogP contribution in [0.15, 0.2) is 34.9 Å². The Labute approximate surface area is 163 Å². The molecule has 2 aromatic rings. The second-order valence-electron chi connectivity index (χ2n) is 6.24. The maximum absolute atomic E-state index is 12.9. The van der Waals surface area contributed by atoms with Gasteiger partial charge in [-0.1, -0.05) is 13.8 Å². The van der Waals surface area contributed by atoms with Crippen LogP contribution in [-0.4, -0.2) is 35.9 Å². The van der Waals surface area contributed by atoms with Crippen molar-refractivity contribution in [2.45, 2.75) is 26.3 Å². The molecule has 0 spiro atoms. The molecule has 9 heteroatoms. The first-order valence-corrected chi connectivity index (χ1v) is 8.37. The molecule has 1 aromatic heterocycles. The average Bonchev–Trinajstić information content (AvgIpc) is 3.08. The van der Waals surface area contributed by atoms with Crippen molar-refractivity contribution in [3.8, 4) is 11.5 Å². The SMILES string of the molecule is CC(C)[C@H](N)C(=O)NCC(=O)NCCc1coc(-c2ccc(F)cc2)n1.Cl. The molecule has 4 N–H and O–H groups in total. The molecule has 0 aliphatic carbocycles. The number of nitrogens with two attached hydrogens (primary N) is 1. The quantitative estimate of drug-likeness (QED) is 0.626. The molecule has 2 amide bonds. The number of hydrogen-bond acceptors (Lipinski definition) is 5. The number of halogens is 2. The molecular formula is C18H24ClFN4O3. The van der Waals surface area contributed by atoms with Gasteiger partial charge in [0.2, 0.25) is 17.7 Å². The molecule has 1 aromatic carbocycles. The summed E-state index contributed by atoms with van der Waals surface area (Å²) in [5.41, 5.74) is 7.03. The molecule has 0 saturated carbocycles. The van der Waals surface area contributed by atoms with Gasteiger partial charge in [0.25, 0.3) is 0 Å². The third kappa shape index (κ3) is 6.99. The van der Waals surface area contributed by atoms with Gasteiger partial charge in [-0.3, -0.25) is 9.59 Å². The molecule has 148 valence electrons. The molecule has 7 nitrogen and oxygen atoms in total. The second-order valence-corrected chi connectivity index (χ2v) is 6.24. The van der Waals surface area contributed by atoms with E-state index in [-0.39, 0.29) is 42.5 Å². The van der Waals surface area contributed by atoms with Gasteiger partial charge in [0.15, 0.2) is 0 Å². The first-order valence-electron chi connectivity index (χ1n) is 8.37. The fourth-order valence-corrected chi connectivity index (χ4v) is 2.13. The summed E-state index contributed by atoms with van der Waals surface area (Å²) >= 11 is 0. The molecule has 0 bridgehead atoms. The standard InChI is InChI=1S/C18H23FN4O3.ClH/c1-11(2)16(20)17(25)22-9-15(24)21-8-7-14-10-26-18(23-14)12-3-5-13(19)6-4-12;/h3-6,10-11,16H,7-9,20H2,1-2H3,(H,21,24)(H,22,25);1H/t16-;/m0./s1. The summed E-state index contributed by atoms with van der Waals surface area (Å²) in [5.74, 6) is -0.598. The highest BCUT2D eigenvalue weighted by Crippen LogP contribution is 2.18. The van der Waals surface area contributed by atoms with E-state index in [9.17, 15) is 14.0 Å². The van der Waals surface area contributed by atoms with Crippen molar-refractivity contribution < 1.29 is 18.4 Å². The second kappa shape index (κ2) is 10.6. The molecule has 0 aliphatic heterocycles. The monoisotopic (exact) mass is 398 g/mol. The summed E-state index contributed by atoms with van der Waals surface area (Å²) in [4.78, 5) is 27.7. The van der Waals surface area contributed by atoms with Crippen LogP contribution in [0.25, 0.3) is 11.5 Å². The van der Waals surface area contributed by atoms with E-state index in [1.807, 2.05) is 13.8 Å². The van der Waals surface area contributed by atoms with Crippen molar-refractivity contribution in [3.63, 3.8) is 0 Å². The molecule has 0 fully saturated rings. The van der Waals surface area contributed by atoms with Crippen LogP contribution < -0.4 is 16.4 Å². The molecule has 0 unspecified atom stereocenters. The van der Waals surface area contributed by atoms with Gasteiger partial charge in [-0.05, 0) is 30.2 Å². The average molecular weight is 399 g/mol. The molecule has 0 aliphatic rings. The maximum Gasteiger partial charge on any atom is 0.239 e. The smallest absolute Gasteiger partial charge is 0.239 e. The first kappa shape index (κ1) is 22.6. The third-order valence-electron chi connectivity index (χ3n) is 3.79. The minimum atomic E-state index is -0.636. The van der Waals surface area contributed by atoms with Gasteiger partial charge in [-0.25, -0.2) is 9.37 Å². The summed E-state index contributed by atoms with van der Waals surface area (Å²) in [6, 6.07) is 5.19. The van der Waals surface area contributed by atoms with Crippen LogP contribution in [0.2, 0.25) is 0 Å². The highest BCUT2D eigenvalue weighted by Gasteiger charge is 2.17. The number of carbonyl (C=O) groups excluding carboxylic acids is 2. The summed E-state index contributed by atoms with van der Waals surface area (Å²) < 4.78 is 18.3. The Morgan fingerprint density at radius 1 is 1.22 bits per heavy atom. The van der Waals surface area contributed by atoms with E-state index in [1.54, 1.807) is 12.1 Å². The normalized spacial score (nSPS) is 11.6. The first-order chi connectivity index (χ1) is 12.4. The Kier molecular flexibility index (Phi) is 8.90. The lowest BCUT2D eigenvalue weighted by molar-refractivity contribution is -0.127. The molecular weight excluding hydrogens is 375 g/mol. The van der Waals surface area contributed by atoms with Gasteiger partial charge in [0.1, 0.15) is 12.1 Å². The number of oxazole rings is 1. The summed E-state index contributed by atoms with van der Waals surface area (Å²) in [6.07, 6.45) is 1.96. The lowest BCUT2D eigenvalue weighted by atomic mass is 10.1. The maximum atomic E-state index is 12.9. The molecule has 1 atom stereocenters. The van der Waals surface area contributed by atoms with Gasteiger partial charge in [-0.15, -0.1) is 12.4 Å². The highest BCUT2D eigenvalue weighted by molar-refractivity contribution is 5.87. The number of benzene rings is 1. The van der Waals surface area contributed by atoms with Gasteiger partial charge in [0.05, 0.1) is 18.3 Å². The number of nitrogens with zero attached hydrogens (tertiary/aromatic N) is 1. The van der Waals surface area contributed by atoms with Gasteiger partial charge >= 0.3 is 0 Å². The van der Waals surface area contributed by atoms with Crippen molar-refractivity contribution in [1.82, 2.24) is 15.6 Å². The lowest BCUT2D eigenvalue weighted by Crippen LogP contribution is -2.47. The predicted molar refractivity (Wildman–Crippen MR) is 102 cm³/mol. The predicted octanol–water partition coefficient (Wildman–Crippen LogP) is 1.66. The van der Waals surface area contributed by atoms with Crippen molar-refractivity contribution in [3.05, 3.63) is 42.0 Å². The van der Waals surface area contributed by atoms with Crippen LogP contribution in [0.5, 0.6) is 0 Å². The topological polar surface area (TPSA) is 110 Å². The summed E-state index contributed by atoms with van der Waals surface area (Å²) in [5, 5.41) is 5.19. The zero-order valence-corrected chi connectivity index (χ0v) is 16.0. The number of aromatic nitrogens is 1. The van der Waals surface area contributed by atoms with E-state index < -0.39 is 6.04 Å². The lowest BCUT2D eigenvalue weighted by Gasteiger charge is -2.15. The van der Waals surface area contributed by atoms with Gasteiger partial charge in [-0.2, -0.15) is 0 Å². The van der Waals surface area contributed by atoms with Crippen LogP contribution in [-0.2, 0) is 16.0 Å². The summed E-state index contributed by atoms with van der Waals surface area (Å²) in [6.45, 7) is 3.89. The summed E-state index contributed by atoms with van der Waals surface area (Å²) in [7, 11) is 0. The molecule has 0 radical (unpaired) electrons. The van der Waals surface area contributed by atoms with Crippen molar-refractivity contribution >= 4 is 24.2 Å². The fraction of sp³-hybridized carbons (Fsp3) is 0.389. The van der Waals surface area contributed by atoms with E-state index in [0.29, 0.717) is 30.1 Å². The highest BCUT2D eigenvalue weighted by atomic mass is 35.5. The fourth-order valence-electron chi connectivity index (χ4n) is 2.13. The molecule has 2 rings (SSSR count). The Morgan fingerprint density at radius 2 is 1.89 bits per heavy atom. The zero-order chi connectivity index (χ0) is 19.1. The third-order valence-corrected chi connectivity index (χ3v) is 3.79. The van der Waals surface area contributed by atoms with E-state index in [4.69, 9.17) is 10.2 Å². The van der Waals surface area contributed by atoms with E-state index in [2.05, 4.69) is 15.6 Å². The number of carbonyl (C=O) groups is 2. The number of hydrogen-bond donors (Lipinski definition) is 3. The van der Waals surface area contributed by atoms with Crippen LogP contribution in [0.4, 0.5) is 4.39 Å². The largest absolute Gasteiger partial charge is 0.444 e. The van der Waals surface area contributed by atoms with E-state index in [1.165, 1.54) is 18.4 Å². The van der Waals surface area contributed by atoms with Crippen molar-refractivity contribution in [2.24, 2.45) is 11.7 Å². The van der Waals surface area contributed by atoms with Crippen molar-refractivity contribution in [2.75, 3.05) is 13.1 Å². The minimum Gasteiger partial charge on any atom is -0.444 e. The Bertz CT molecular complexity index is 749. The number of nitrogens with one attached hydrogen (secondary N) is 2. The van der Waals surface area contributed by atoms with E-state index >= 15 is 0 Å². The van der Waals surface area contributed by atoms with Gasteiger partial charge < -0.3 is 20.8 Å². The minimum absolute atomic E-state index is 0. The van der Waals surface area contributed by atoms with Crippen LogP contribution in [0, 0.1) is 11.7 Å². The van der Waals surface area contributed by atoms with E-state index in [0.717, 1.165) is 0 Å². The Morgan fingerprint density at radius 3 is 2.52 bits per heavy atom. The zero-order valence-electron chi connectivity index (χ0n) is 15.2. The molecule has 27 heavy (non-hydrogen) atoms. The Balaban J connectivity index is 0.00000364. The molecule has 0 saturated heterocycles. The molecule has 1 heterocycles. The Hall–Kier alpha value is -2.45.